The van der Waals surface area contributed by atoms with E-state index in [1.807, 2.05) is 6.07 Å². The molecule has 2 heterocycles. The summed E-state index contributed by atoms with van der Waals surface area (Å²) < 4.78 is 0. The molecule has 1 aromatic carbocycles. The van der Waals surface area contributed by atoms with Crippen molar-refractivity contribution in [1.29, 1.82) is 0 Å². The first-order valence-corrected chi connectivity index (χ1v) is 6.21. The summed E-state index contributed by atoms with van der Waals surface area (Å²) in [7, 11) is 0. The first kappa shape index (κ1) is 10.6. The van der Waals surface area contributed by atoms with Crippen LogP contribution in [0.2, 0.25) is 0 Å². The van der Waals surface area contributed by atoms with Crippen LogP contribution in [0.15, 0.2) is 18.2 Å². The van der Waals surface area contributed by atoms with Crippen molar-refractivity contribution in [2.75, 3.05) is 37.6 Å². The molecular formula is C13H17N3O. The molecule has 4 heteroatoms. The third kappa shape index (κ3) is 2.00. The molecule has 3 rings (SSSR count). The van der Waals surface area contributed by atoms with Crippen LogP contribution in [0.3, 0.4) is 0 Å². The zero-order valence-corrected chi connectivity index (χ0v) is 9.83. The van der Waals surface area contributed by atoms with Gasteiger partial charge in [-0.2, -0.15) is 0 Å². The van der Waals surface area contributed by atoms with E-state index in [0.29, 0.717) is 0 Å². The molecule has 17 heavy (non-hydrogen) atoms. The van der Waals surface area contributed by atoms with E-state index in [4.69, 9.17) is 0 Å². The zero-order chi connectivity index (χ0) is 11.7. The predicted molar refractivity (Wildman–Crippen MR) is 67.6 cm³/mol. The van der Waals surface area contributed by atoms with Gasteiger partial charge in [0.1, 0.15) is 0 Å². The summed E-state index contributed by atoms with van der Waals surface area (Å²) in [5.41, 5.74) is 3.28. The van der Waals surface area contributed by atoms with Gasteiger partial charge < -0.3 is 15.5 Å². The average molecular weight is 231 g/mol. The third-order valence-corrected chi connectivity index (χ3v) is 3.50. The fourth-order valence-corrected chi connectivity index (χ4v) is 2.53. The minimum atomic E-state index is 0.0677. The van der Waals surface area contributed by atoms with Crippen molar-refractivity contribution in [3.63, 3.8) is 0 Å². The number of rotatable bonds is 1. The van der Waals surface area contributed by atoms with E-state index in [1.54, 1.807) is 0 Å². The highest BCUT2D eigenvalue weighted by molar-refractivity contribution is 5.97. The molecule has 1 aromatic rings. The Labute approximate surface area is 101 Å². The van der Waals surface area contributed by atoms with Gasteiger partial charge in [-0.1, -0.05) is 0 Å². The Morgan fingerprint density at radius 1 is 1.12 bits per heavy atom. The third-order valence-electron chi connectivity index (χ3n) is 3.50. The van der Waals surface area contributed by atoms with Crippen molar-refractivity contribution in [1.82, 2.24) is 10.6 Å². The number of anilines is 1. The Morgan fingerprint density at radius 2 is 1.94 bits per heavy atom. The van der Waals surface area contributed by atoms with Gasteiger partial charge in [-0.25, -0.2) is 0 Å². The van der Waals surface area contributed by atoms with Gasteiger partial charge in [-0.05, 0) is 30.2 Å². The van der Waals surface area contributed by atoms with Gasteiger partial charge >= 0.3 is 0 Å². The summed E-state index contributed by atoms with van der Waals surface area (Å²) in [6, 6.07) is 6.20. The van der Waals surface area contributed by atoms with Gasteiger partial charge in [0.25, 0.3) is 5.91 Å². The van der Waals surface area contributed by atoms with Crippen molar-refractivity contribution in [2.24, 2.45) is 0 Å². The Balaban J connectivity index is 1.89. The SMILES string of the molecule is O=C1NCCc2cc(N3CCNCC3)ccc21. The van der Waals surface area contributed by atoms with Gasteiger partial charge in [-0.15, -0.1) is 0 Å². The molecule has 0 bridgehead atoms. The van der Waals surface area contributed by atoms with E-state index >= 15 is 0 Å². The number of nitrogens with one attached hydrogen (secondary N) is 2. The number of nitrogens with zero attached hydrogens (tertiary/aromatic N) is 1. The van der Waals surface area contributed by atoms with Crippen LogP contribution in [0.25, 0.3) is 0 Å². The topological polar surface area (TPSA) is 44.4 Å². The van der Waals surface area contributed by atoms with Crippen molar-refractivity contribution < 1.29 is 4.79 Å². The van der Waals surface area contributed by atoms with Gasteiger partial charge in [-0.3, -0.25) is 4.79 Å². The summed E-state index contributed by atoms with van der Waals surface area (Å²) in [6.07, 6.45) is 0.945. The second kappa shape index (κ2) is 4.37. The van der Waals surface area contributed by atoms with Gasteiger partial charge in [0, 0.05) is 44.0 Å². The van der Waals surface area contributed by atoms with Crippen molar-refractivity contribution in [3.05, 3.63) is 29.3 Å². The van der Waals surface area contributed by atoms with E-state index in [0.717, 1.165) is 44.7 Å². The van der Waals surface area contributed by atoms with Crippen molar-refractivity contribution in [2.45, 2.75) is 6.42 Å². The smallest absolute Gasteiger partial charge is 0.251 e. The average Bonchev–Trinajstić information content (AvgIpc) is 2.40. The number of fused-ring (bicyclic) bond motifs is 1. The standard InChI is InChI=1S/C13H17N3O/c17-13-12-2-1-11(9-10(12)3-4-15-13)16-7-5-14-6-8-16/h1-2,9,14H,3-8H2,(H,15,17). The van der Waals surface area contributed by atoms with Crippen LogP contribution in [0.4, 0.5) is 5.69 Å². The van der Waals surface area contributed by atoms with E-state index in [2.05, 4.69) is 27.7 Å². The molecular weight excluding hydrogens is 214 g/mol. The molecule has 0 unspecified atom stereocenters. The number of benzene rings is 1. The molecule has 2 aliphatic rings. The molecule has 90 valence electrons. The largest absolute Gasteiger partial charge is 0.369 e. The molecule has 0 atom stereocenters. The van der Waals surface area contributed by atoms with Crippen molar-refractivity contribution in [3.8, 4) is 0 Å². The number of carbonyl (C=O) groups excluding carboxylic acids is 1. The van der Waals surface area contributed by atoms with E-state index in [-0.39, 0.29) is 5.91 Å². The number of carbonyl (C=O) groups is 1. The van der Waals surface area contributed by atoms with Crippen molar-refractivity contribution >= 4 is 11.6 Å². The highest BCUT2D eigenvalue weighted by Gasteiger charge is 2.18. The Bertz CT molecular complexity index is 438. The highest BCUT2D eigenvalue weighted by atomic mass is 16.1. The number of amides is 1. The first-order chi connectivity index (χ1) is 8.34. The number of hydrogen-bond donors (Lipinski definition) is 2. The van der Waals surface area contributed by atoms with Crippen LogP contribution in [0.1, 0.15) is 15.9 Å². The van der Waals surface area contributed by atoms with Crippen LogP contribution in [-0.4, -0.2) is 38.6 Å². The Morgan fingerprint density at radius 3 is 2.76 bits per heavy atom. The van der Waals surface area contributed by atoms with Crippen LogP contribution < -0.4 is 15.5 Å². The molecule has 0 radical (unpaired) electrons. The lowest BCUT2D eigenvalue weighted by atomic mass is 9.99. The molecule has 2 N–H and O–H groups in total. The number of piperazine rings is 1. The quantitative estimate of drug-likeness (QED) is 0.734. The molecule has 1 fully saturated rings. The molecule has 0 aliphatic carbocycles. The van der Waals surface area contributed by atoms with Crippen LogP contribution in [0.5, 0.6) is 0 Å². The summed E-state index contributed by atoms with van der Waals surface area (Å²) >= 11 is 0. The Kier molecular flexibility index (Phi) is 2.73. The predicted octanol–water partition coefficient (Wildman–Crippen LogP) is 0.382. The second-order valence-electron chi connectivity index (χ2n) is 4.58. The monoisotopic (exact) mass is 231 g/mol. The Hall–Kier alpha value is -1.55. The summed E-state index contributed by atoms with van der Waals surface area (Å²) in [5.74, 6) is 0.0677. The maximum atomic E-state index is 11.6. The minimum Gasteiger partial charge on any atom is -0.369 e. The van der Waals surface area contributed by atoms with E-state index < -0.39 is 0 Å². The molecule has 4 nitrogen and oxygen atoms in total. The van der Waals surface area contributed by atoms with Crippen LogP contribution >= 0.6 is 0 Å². The summed E-state index contributed by atoms with van der Waals surface area (Å²) in [4.78, 5) is 14.0. The molecule has 1 amide bonds. The lowest BCUT2D eigenvalue weighted by molar-refractivity contribution is 0.0946. The molecule has 1 saturated heterocycles. The first-order valence-electron chi connectivity index (χ1n) is 6.21. The summed E-state index contributed by atoms with van der Waals surface area (Å²) in [6.45, 7) is 4.93. The molecule has 0 saturated carbocycles. The van der Waals surface area contributed by atoms with Crippen LogP contribution in [0, 0.1) is 0 Å². The normalized spacial score (nSPS) is 19.8. The van der Waals surface area contributed by atoms with Gasteiger partial charge in [0.05, 0.1) is 0 Å². The maximum Gasteiger partial charge on any atom is 0.251 e. The lowest BCUT2D eigenvalue weighted by Crippen LogP contribution is -2.43. The fourth-order valence-electron chi connectivity index (χ4n) is 2.53. The second-order valence-corrected chi connectivity index (χ2v) is 4.58. The lowest BCUT2D eigenvalue weighted by Gasteiger charge is -2.30. The maximum absolute atomic E-state index is 11.6. The van der Waals surface area contributed by atoms with Crippen LogP contribution in [-0.2, 0) is 6.42 Å². The molecule has 0 spiro atoms. The molecule has 0 aromatic heterocycles. The van der Waals surface area contributed by atoms with E-state index in [9.17, 15) is 4.79 Å². The van der Waals surface area contributed by atoms with Gasteiger partial charge in [0.15, 0.2) is 0 Å². The highest BCUT2D eigenvalue weighted by Crippen LogP contribution is 2.22. The van der Waals surface area contributed by atoms with Gasteiger partial charge in [0.2, 0.25) is 0 Å². The molecule has 2 aliphatic heterocycles. The summed E-state index contributed by atoms with van der Waals surface area (Å²) in [5, 5.41) is 6.22. The van der Waals surface area contributed by atoms with E-state index in [1.165, 1.54) is 11.3 Å². The number of hydrogen-bond acceptors (Lipinski definition) is 3. The zero-order valence-electron chi connectivity index (χ0n) is 9.83. The minimum absolute atomic E-state index is 0.0677. The fraction of sp³-hybridized carbons (Fsp3) is 0.462.